The van der Waals surface area contributed by atoms with Crippen LogP contribution in [-0.4, -0.2) is 0 Å². The molecule has 0 N–H and O–H groups in total. The zero-order chi connectivity index (χ0) is 12.8. The van der Waals surface area contributed by atoms with Gasteiger partial charge in [0.1, 0.15) is 0 Å². The molecule has 0 radical (unpaired) electrons. The van der Waals surface area contributed by atoms with Crippen molar-refractivity contribution in [2.75, 3.05) is 0 Å². The van der Waals surface area contributed by atoms with Gasteiger partial charge in [-0.1, -0.05) is 48.6 Å². The molecule has 1 aliphatic rings. The van der Waals surface area contributed by atoms with Gasteiger partial charge in [-0.3, -0.25) is 0 Å². The number of benzene rings is 3. The minimum Gasteiger partial charge on any atom is -0.0836 e. The van der Waals surface area contributed by atoms with Gasteiger partial charge in [-0.05, 0) is 64.1 Å². The second-order valence-electron chi connectivity index (χ2n) is 5.40. The second kappa shape index (κ2) is 3.96. The highest BCUT2D eigenvalue weighted by Crippen LogP contribution is 2.34. The third-order valence-corrected chi connectivity index (χ3v) is 4.28. The van der Waals surface area contributed by atoms with Crippen LogP contribution in [0.25, 0.3) is 27.6 Å². The lowest BCUT2D eigenvalue weighted by Gasteiger charge is -2.16. The molecule has 0 nitrogen and oxygen atoms in total. The maximum Gasteiger partial charge on any atom is -0.00731 e. The molecule has 0 heteroatoms. The van der Waals surface area contributed by atoms with Crippen LogP contribution in [0.15, 0.2) is 48.5 Å². The summed E-state index contributed by atoms with van der Waals surface area (Å²) in [5.41, 5.74) is 4.34. The molecule has 3 aromatic rings. The Balaban J connectivity index is 2.23. The summed E-state index contributed by atoms with van der Waals surface area (Å²) in [4.78, 5) is 0. The van der Waals surface area contributed by atoms with Crippen LogP contribution in [0, 0.1) is 6.92 Å². The van der Waals surface area contributed by atoms with Gasteiger partial charge >= 0.3 is 0 Å². The smallest absolute Gasteiger partial charge is 0.00731 e. The lowest BCUT2D eigenvalue weighted by Crippen LogP contribution is -1.96. The van der Waals surface area contributed by atoms with Gasteiger partial charge in [-0.25, -0.2) is 0 Å². The number of allylic oxidation sites excluding steroid dienone is 1. The highest BCUT2D eigenvalue weighted by Gasteiger charge is 2.12. The molecule has 0 aliphatic heterocycles. The molecule has 0 saturated carbocycles. The highest BCUT2D eigenvalue weighted by atomic mass is 14.2. The first-order valence-electron chi connectivity index (χ1n) is 6.95. The Morgan fingerprint density at radius 3 is 2.79 bits per heavy atom. The molecule has 4 rings (SSSR count). The number of rotatable bonds is 0. The molecular weight excluding hydrogens is 228 g/mol. The second-order valence-corrected chi connectivity index (χ2v) is 5.40. The van der Waals surface area contributed by atoms with E-state index in [0.717, 1.165) is 0 Å². The van der Waals surface area contributed by atoms with E-state index < -0.39 is 0 Å². The Kier molecular flexibility index (Phi) is 2.25. The van der Waals surface area contributed by atoms with Gasteiger partial charge < -0.3 is 0 Å². The zero-order valence-corrected chi connectivity index (χ0v) is 11.1. The van der Waals surface area contributed by atoms with Crippen molar-refractivity contribution in [3.05, 3.63) is 65.2 Å². The third-order valence-electron chi connectivity index (χ3n) is 4.28. The van der Waals surface area contributed by atoms with Gasteiger partial charge in [0.15, 0.2) is 0 Å². The van der Waals surface area contributed by atoms with E-state index in [4.69, 9.17) is 0 Å². The van der Waals surface area contributed by atoms with Gasteiger partial charge in [-0.15, -0.1) is 0 Å². The van der Waals surface area contributed by atoms with Crippen LogP contribution in [-0.2, 0) is 6.42 Å². The maximum atomic E-state index is 2.32. The summed E-state index contributed by atoms with van der Waals surface area (Å²) in [6.07, 6.45) is 6.96. The molecule has 0 fully saturated rings. The molecule has 0 unspecified atom stereocenters. The predicted molar refractivity (Wildman–Crippen MR) is 83.5 cm³/mol. The maximum absolute atomic E-state index is 2.32. The predicted octanol–water partition coefficient (Wildman–Crippen LogP) is 5.26. The van der Waals surface area contributed by atoms with Gasteiger partial charge in [0.2, 0.25) is 0 Å². The number of hydrogen-bond acceptors (Lipinski definition) is 0. The van der Waals surface area contributed by atoms with Crippen LogP contribution in [0.2, 0.25) is 0 Å². The van der Waals surface area contributed by atoms with Crippen molar-refractivity contribution in [2.45, 2.75) is 19.8 Å². The third kappa shape index (κ3) is 1.53. The lowest BCUT2D eigenvalue weighted by atomic mass is 9.88. The van der Waals surface area contributed by atoms with Crippen molar-refractivity contribution >= 4 is 27.6 Å². The van der Waals surface area contributed by atoms with E-state index in [1.54, 1.807) is 0 Å². The average molecular weight is 244 g/mol. The van der Waals surface area contributed by atoms with E-state index in [1.165, 1.54) is 51.1 Å². The standard InChI is InChI=1S/C19H16/c1-13-17-8-4-3-7-15(17)12-16-11-10-14-6-2-5-9-18(14)19(13)16/h3-5,7-12H,2,6H2,1H3. The van der Waals surface area contributed by atoms with Crippen LogP contribution in [0.1, 0.15) is 23.1 Å². The molecule has 19 heavy (non-hydrogen) atoms. The van der Waals surface area contributed by atoms with E-state index in [2.05, 4.69) is 61.5 Å². The summed E-state index contributed by atoms with van der Waals surface area (Å²) >= 11 is 0. The van der Waals surface area contributed by atoms with E-state index in [1.807, 2.05) is 0 Å². The van der Waals surface area contributed by atoms with Crippen LogP contribution in [0.3, 0.4) is 0 Å². The molecule has 0 amide bonds. The molecule has 0 spiro atoms. The molecule has 0 atom stereocenters. The Labute approximate surface area is 113 Å². The summed E-state index contributed by atoms with van der Waals surface area (Å²) < 4.78 is 0. The molecule has 0 heterocycles. The fourth-order valence-electron chi connectivity index (χ4n) is 3.33. The van der Waals surface area contributed by atoms with E-state index >= 15 is 0 Å². The van der Waals surface area contributed by atoms with Gasteiger partial charge in [0.05, 0.1) is 0 Å². The largest absolute Gasteiger partial charge is 0.0836 e. The quantitative estimate of drug-likeness (QED) is 0.473. The van der Waals surface area contributed by atoms with Crippen molar-refractivity contribution in [1.82, 2.24) is 0 Å². The van der Waals surface area contributed by atoms with Crippen molar-refractivity contribution < 1.29 is 0 Å². The Morgan fingerprint density at radius 1 is 0.947 bits per heavy atom. The van der Waals surface area contributed by atoms with Crippen molar-refractivity contribution in [2.24, 2.45) is 0 Å². The lowest BCUT2D eigenvalue weighted by molar-refractivity contribution is 0.989. The number of hydrogen-bond donors (Lipinski definition) is 0. The summed E-state index contributed by atoms with van der Waals surface area (Å²) in [6, 6.07) is 15.6. The molecular formula is C19H16. The Hall–Kier alpha value is -2.08. The van der Waals surface area contributed by atoms with E-state index in [9.17, 15) is 0 Å². The summed E-state index contributed by atoms with van der Waals surface area (Å²) in [5, 5.41) is 5.52. The normalized spacial score (nSPS) is 13.9. The minimum absolute atomic E-state index is 1.17. The molecule has 0 aromatic heterocycles. The van der Waals surface area contributed by atoms with Crippen LogP contribution >= 0.6 is 0 Å². The van der Waals surface area contributed by atoms with Crippen LogP contribution in [0.5, 0.6) is 0 Å². The first kappa shape index (κ1) is 10.8. The van der Waals surface area contributed by atoms with E-state index in [0.29, 0.717) is 0 Å². The first-order valence-corrected chi connectivity index (χ1v) is 6.95. The molecule has 0 saturated heterocycles. The van der Waals surface area contributed by atoms with Crippen molar-refractivity contribution in [3.63, 3.8) is 0 Å². The van der Waals surface area contributed by atoms with Crippen molar-refractivity contribution in [1.29, 1.82) is 0 Å². The molecule has 92 valence electrons. The summed E-state index contributed by atoms with van der Waals surface area (Å²) in [7, 11) is 0. The average Bonchev–Trinajstić information content (AvgIpc) is 2.47. The van der Waals surface area contributed by atoms with Crippen LogP contribution < -0.4 is 0 Å². The molecule has 3 aromatic carbocycles. The SMILES string of the molecule is Cc1c2ccccc2cc2ccc3c(c12)C=CCC3. The first-order chi connectivity index (χ1) is 9.34. The highest BCUT2D eigenvalue weighted by molar-refractivity contribution is 6.05. The fourth-order valence-corrected chi connectivity index (χ4v) is 3.33. The summed E-state index contributed by atoms with van der Waals surface area (Å²) in [5.74, 6) is 0. The molecule has 0 bridgehead atoms. The van der Waals surface area contributed by atoms with Gasteiger partial charge in [0.25, 0.3) is 0 Å². The Bertz CT molecular complexity index is 822. The van der Waals surface area contributed by atoms with Gasteiger partial charge in [-0.2, -0.15) is 0 Å². The monoisotopic (exact) mass is 244 g/mol. The summed E-state index contributed by atoms with van der Waals surface area (Å²) in [6.45, 7) is 2.26. The van der Waals surface area contributed by atoms with Crippen molar-refractivity contribution in [3.8, 4) is 0 Å². The minimum atomic E-state index is 1.17. The van der Waals surface area contributed by atoms with Gasteiger partial charge in [0, 0.05) is 0 Å². The molecule has 1 aliphatic carbocycles. The van der Waals surface area contributed by atoms with E-state index in [-0.39, 0.29) is 0 Å². The number of aryl methyl sites for hydroxylation is 2. The topological polar surface area (TPSA) is 0 Å². The Morgan fingerprint density at radius 2 is 1.84 bits per heavy atom. The fraction of sp³-hybridized carbons (Fsp3) is 0.158. The zero-order valence-electron chi connectivity index (χ0n) is 11.1. The number of fused-ring (bicyclic) bond motifs is 4. The van der Waals surface area contributed by atoms with Crippen LogP contribution in [0.4, 0.5) is 0 Å².